The predicted molar refractivity (Wildman–Crippen MR) is 153 cm³/mol. The molecule has 0 bridgehead atoms. The molecule has 5 rings (SSSR count). The molecule has 2 aliphatic heterocycles. The van der Waals surface area contributed by atoms with Crippen LogP contribution in [0.2, 0.25) is 0 Å². The molecule has 8 nitrogen and oxygen atoms in total. The lowest BCUT2D eigenvalue weighted by atomic mass is 9.88. The number of aromatic nitrogens is 3. The number of pyridine rings is 1. The number of benzene rings is 1. The number of ether oxygens (including phenoxy) is 1. The first-order valence-electron chi connectivity index (χ1n) is 13.3. The Kier molecular flexibility index (Phi) is 7.93. The van der Waals surface area contributed by atoms with Crippen molar-refractivity contribution in [1.29, 1.82) is 0 Å². The number of piperidine rings is 1. The smallest absolute Gasteiger partial charge is 0.227 e. The van der Waals surface area contributed by atoms with Crippen molar-refractivity contribution in [2.75, 3.05) is 53.9 Å². The molecule has 3 aromatic rings. The van der Waals surface area contributed by atoms with Crippen molar-refractivity contribution in [2.45, 2.75) is 51.4 Å². The summed E-state index contributed by atoms with van der Waals surface area (Å²) in [4.78, 5) is 18.0. The summed E-state index contributed by atoms with van der Waals surface area (Å²) in [6.07, 6.45) is 4.54. The van der Waals surface area contributed by atoms with E-state index in [-0.39, 0.29) is 12.6 Å². The molecule has 4 heterocycles. The van der Waals surface area contributed by atoms with Crippen LogP contribution in [0.3, 0.4) is 0 Å². The molecule has 2 saturated heterocycles. The van der Waals surface area contributed by atoms with Crippen molar-refractivity contribution >= 4 is 45.2 Å². The molecular formula is C28H37FN6O2S. The van der Waals surface area contributed by atoms with E-state index in [0.29, 0.717) is 48.4 Å². The van der Waals surface area contributed by atoms with Gasteiger partial charge in [-0.1, -0.05) is 31.1 Å². The molecule has 1 aromatic carbocycles. The summed E-state index contributed by atoms with van der Waals surface area (Å²) in [5, 5.41) is 5.60. The standard InChI is InChI=1S/C28H37FN6O2S/c1-17(2)20-6-7-24(35-14-19(18(35)3)16-38(5)36)22-13-31-27(12-21(20)22)32-26-8-10-30-28(33-26)34-11-9-25(37-4)23(29)15-34/h6-8,10,12-13,17-19,23,25H,9,11,14-16H2,1-5H3,(H,30,31,32,33)/t18-,19-,23+,25-,38+/m1/s1. The van der Waals surface area contributed by atoms with E-state index in [9.17, 15) is 8.94 Å². The lowest BCUT2D eigenvalue weighted by Crippen LogP contribution is -2.57. The molecular weight excluding hydrogens is 503 g/mol. The summed E-state index contributed by atoms with van der Waals surface area (Å²) in [7, 11) is 1.55. The minimum Gasteiger partial charge on any atom is -0.617 e. The highest BCUT2D eigenvalue weighted by atomic mass is 32.2. The molecule has 5 atom stereocenters. The van der Waals surface area contributed by atoms with Gasteiger partial charge in [0.25, 0.3) is 0 Å². The minimum absolute atomic E-state index is 0.209. The van der Waals surface area contributed by atoms with Crippen molar-refractivity contribution in [3.8, 4) is 0 Å². The van der Waals surface area contributed by atoms with E-state index in [0.717, 1.165) is 23.1 Å². The second-order valence-electron chi connectivity index (χ2n) is 10.7. The maximum Gasteiger partial charge on any atom is 0.227 e. The number of alkyl halides is 1. The largest absolute Gasteiger partial charge is 0.617 e. The van der Waals surface area contributed by atoms with Crippen LogP contribution in [0.1, 0.15) is 38.7 Å². The Balaban J connectivity index is 1.39. The lowest BCUT2D eigenvalue weighted by molar-refractivity contribution is 0.0194. The molecule has 0 unspecified atom stereocenters. The first-order chi connectivity index (χ1) is 18.2. The Labute approximate surface area is 227 Å². The number of hydrogen-bond donors (Lipinski definition) is 1. The van der Waals surface area contributed by atoms with Gasteiger partial charge in [0.15, 0.2) is 0 Å². The van der Waals surface area contributed by atoms with E-state index in [2.05, 4.69) is 59.2 Å². The van der Waals surface area contributed by atoms with Gasteiger partial charge in [0.1, 0.15) is 23.6 Å². The molecule has 0 saturated carbocycles. The normalized spacial score (nSPS) is 24.5. The molecule has 10 heteroatoms. The summed E-state index contributed by atoms with van der Waals surface area (Å²) in [6.45, 7) is 8.36. The van der Waals surface area contributed by atoms with Crippen molar-refractivity contribution in [1.82, 2.24) is 15.0 Å². The highest BCUT2D eigenvalue weighted by molar-refractivity contribution is 7.90. The summed E-state index contributed by atoms with van der Waals surface area (Å²) < 4.78 is 31.4. The van der Waals surface area contributed by atoms with Gasteiger partial charge in [-0.25, -0.2) is 14.4 Å². The van der Waals surface area contributed by atoms with E-state index < -0.39 is 17.3 Å². The van der Waals surface area contributed by atoms with Crippen LogP contribution in [-0.2, 0) is 15.9 Å². The minimum atomic E-state index is -1.08. The van der Waals surface area contributed by atoms with Gasteiger partial charge >= 0.3 is 0 Å². The molecule has 0 spiro atoms. The zero-order chi connectivity index (χ0) is 27.0. The first kappa shape index (κ1) is 26.9. The molecule has 0 radical (unpaired) electrons. The Bertz CT molecular complexity index is 1280. The van der Waals surface area contributed by atoms with Crippen LogP contribution in [-0.4, -0.2) is 76.6 Å². The third kappa shape index (κ3) is 5.39. The molecule has 38 heavy (non-hydrogen) atoms. The van der Waals surface area contributed by atoms with E-state index in [1.807, 2.05) is 11.1 Å². The zero-order valence-corrected chi connectivity index (χ0v) is 23.5. The van der Waals surface area contributed by atoms with Gasteiger partial charge < -0.3 is 24.4 Å². The lowest BCUT2D eigenvalue weighted by Gasteiger charge is -2.48. The number of fused-ring (bicyclic) bond motifs is 1. The van der Waals surface area contributed by atoms with Crippen molar-refractivity contribution < 1.29 is 13.7 Å². The number of rotatable bonds is 8. The number of hydrogen-bond acceptors (Lipinski definition) is 8. The maximum atomic E-state index is 14.4. The number of halogens is 1. The SMILES string of the molecule is CO[C@@H]1CCN(c2nccc(Nc3cc4c(C(C)C)ccc(N5C[C@H](C[S@+](C)[O-])[C@H]5C)c4cn3)n2)C[C@@H]1F. The number of nitrogens with zero attached hydrogens (tertiary/aromatic N) is 5. The average molecular weight is 541 g/mol. The van der Waals surface area contributed by atoms with Crippen LogP contribution in [0.25, 0.3) is 10.8 Å². The second kappa shape index (κ2) is 11.2. The van der Waals surface area contributed by atoms with Crippen LogP contribution >= 0.6 is 0 Å². The highest BCUT2D eigenvalue weighted by Gasteiger charge is 2.38. The predicted octanol–water partition coefficient (Wildman–Crippen LogP) is 4.66. The van der Waals surface area contributed by atoms with Gasteiger partial charge in [0.05, 0.1) is 18.9 Å². The van der Waals surface area contributed by atoms with E-state index in [4.69, 9.17) is 9.72 Å². The fraction of sp³-hybridized carbons (Fsp3) is 0.536. The Morgan fingerprint density at radius 1 is 1.18 bits per heavy atom. The fourth-order valence-corrected chi connectivity index (χ4v) is 6.59. The summed E-state index contributed by atoms with van der Waals surface area (Å²) in [5.74, 6) is 3.32. The van der Waals surface area contributed by atoms with Crippen molar-refractivity contribution in [3.63, 3.8) is 0 Å². The maximum absolute atomic E-state index is 14.4. The van der Waals surface area contributed by atoms with Crippen LogP contribution < -0.4 is 15.1 Å². The highest BCUT2D eigenvalue weighted by Crippen LogP contribution is 2.39. The number of nitrogens with one attached hydrogen (secondary N) is 1. The quantitative estimate of drug-likeness (QED) is 0.413. The molecule has 2 aliphatic rings. The van der Waals surface area contributed by atoms with E-state index in [1.54, 1.807) is 25.6 Å². The van der Waals surface area contributed by atoms with Gasteiger partial charge in [0.2, 0.25) is 5.95 Å². The third-order valence-electron chi connectivity index (χ3n) is 7.86. The van der Waals surface area contributed by atoms with Gasteiger partial charge in [-0.2, -0.15) is 4.98 Å². The molecule has 1 N–H and O–H groups in total. The van der Waals surface area contributed by atoms with Gasteiger partial charge in [0, 0.05) is 55.6 Å². The van der Waals surface area contributed by atoms with Gasteiger partial charge in [-0.05, 0) is 48.4 Å². The van der Waals surface area contributed by atoms with Crippen LogP contribution in [0.5, 0.6) is 0 Å². The van der Waals surface area contributed by atoms with Crippen LogP contribution in [0.15, 0.2) is 36.7 Å². The Morgan fingerprint density at radius 2 is 2.00 bits per heavy atom. The van der Waals surface area contributed by atoms with Crippen LogP contribution in [0, 0.1) is 5.92 Å². The molecule has 2 fully saturated rings. The fourth-order valence-electron chi connectivity index (χ4n) is 5.60. The topological polar surface area (TPSA) is 89.5 Å². The van der Waals surface area contributed by atoms with Crippen molar-refractivity contribution in [3.05, 3.63) is 42.2 Å². The van der Waals surface area contributed by atoms with E-state index in [1.165, 1.54) is 11.3 Å². The van der Waals surface area contributed by atoms with E-state index >= 15 is 0 Å². The molecule has 0 aliphatic carbocycles. The Morgan fingerprint density at radius 3 is 2.68 bits per heavy atom. The van der Waals surface area contributed by atoms with Crippen molar-refractivity contribution in [2.24, 2.45) is 5.92 Å². The zero-order valence-electron chi connectivity index (χ0n) is 22.7. The summed E-state index contributed by atoms with van der Waals surface area (Å²) in [6, 6.07) is 8.62. The van der Waals surface area contributed by atoms with Crippen LogP contribution in [0.4, 0.5) is 27.7 Å². The molecule has 0 amide bonds. The van der Waals surface area contributed by atoms with Gasteiger partial charge in [-0.15, -0.1) is 0 Å². The third-order valence-corrected chi connectivity index (χ3v) is 8.76. The molecule has 2 aromatic heterocycles. The first-order valence-corrected chi connectivity index (χ1v) is 15.0. The Hall–Kier alpha value is -2.69. The van der Waals surface area contributed by atoms with Gasteiger partial charge in [-0.3, -0.25) is 0 Å². The second-order valence-corrected chi connectivity index (χ2v) is 12.2. The average Bonchev–Trinajstić information content (AvgIpc) is 2.90. The summed E-state index contributed by atoms with van der Waals surface area (Å²) >= 11 is -0.788. The number of methoxy groups -OCH3 is 1. The number of anilines is 4. The molecule has 204 valence electrons. The summed E-state index contributed by atoms with van der Waals surface area (Å²) in [5.41, 5.74) is 2.42. The monoisotopic (exact) mass is 540 g/mol.